The Hall–Kier alpha value is -2.05. The summed E-state index contributed by atoms with van der Waals surface area (Å²) in [4.78, 5) is 15.9. The number of hydrogen-bond donors (Lipinski definition) is 1. The summed E-state index contributed by atoms with van der Waals surface area (Å²) in [7, 11) is 0. The van der Waals surface area contributed by atoms with Crippen molar-refractivity contribution in [3.63, 3.8) is 0 Å². The van der Waals surface area contributed by atoms with Gasteiger partial charge in [0, 0.05) is 49.8 Å². The van der Waals surface area contributed by atoms with E-state index < -0.39 is 0 Å². The molecule has 4 rings (SSSR count). The van der Waals surface area contributed by atoms with Gasteiger partial charge in [-0.2, -0.15) is 0 Å². The first kappa shape index (κ1) is 17.4. The van der Waals surface area contributed by atoms with E-state index in [4.69, 9.17) is 9.72 Å². The smallest absolute Gasteiger partial charge is 0.222 e. The summed E-state index contributed by atoms with van der Waals surface area (Å²) >= 11 is 0. The van der Waals surface area contributed by atoms with E-state index in [-0.39, 0.29) is 6.04 Å². The molecule has 6 heteroatoms. The van der Waals surface area contributed by atoms with Crippen LogP contribution in [0.2, 0.25) is 0 Å². The van der Waals surface area contributed by atoms with Crippen molar-refractivity contribution in [3.8, 4) is 0 Å². The number of ether oxygens (including phenoxy) is 1. The number of morpholine rings is 1. The van der Waals surface area contributed by atoms with E-state index in [2.05, 4.69) is 38.4 Å². The lowest BCUT2D eigenvalue weighted by Crippen LogP contribution is -2.41. The molecule has 2 aromatic heterocycles. The third kappa shape index (κ3) is 4.19. The van der Waals surface area contributed by atoms with Gasteiger partial charge in [-0.25, -0.2) is 9.97 Å². The highest BCUT2D eigenvalue weighted by molar-refractivity contribution is 5.28. The number of anilines is 1. The maximum atomic E-state index is 5.52. The minimum atomic E-state index is 0.264. The van der Waals surface area contributed by atoms with Crippen molar-refractivity contribution in [2.75, 3.05) is 38.2 Å². The maximum absolute atomic E-state index is 5.52. The first-order valence-electron chi connectivity index (χ1n) is 9.69. The second-order valence-corrected chi connectivity index (χ2v) is 7.11. The van der Waals surface area contributed by atoms with Gasteiger partial charge in [-0.1, -0.05) is 12.8 Å². The molecule has 138 valence electrons. The van der Waals surface area contributed by atoms with E-state index in [9.17, 15) is 0 Å². The number of pyridine rings is 1. The summed E-state index contributed by atoms with van der Waals surface area (Å²) in [6.45, 7) is 4.23. The third-order valence-corrected chi connectivity index (χ3v) is 5.48. The van der Waals surface area contributed by atoms with E-state index in [0.29, 0.717) is 5.92 Å². The largest absolute Gasteiger partial charge is 0.379 e. The molecule has 1 unspecified atom stereocenters. The van der Waals surface area contributed by atoms with Gasteiger partial charge >= 0.3 is 0 Å². The Bertz CT molecular complexity index is 684. The predicted molar refractivity (Wildman–Crippen MR) is 101 cm³/mol. The number of nitrogens with one attached hydrogen (secondary N) is 1. The molecule has 26 heavy (non-hydrogen) atoms. The molecule has 2 aromatic rings. The molecule has 0 spiro atoms. The molecule has 3 heterocycles. The fourth-order valence-electron chi connectivity index (χ4n) is 4.03. The van der Waals surface area contributed by atoms with Crippen LogP contribution in [0.5, 0.6) is 0 Å². The zero-order valence-electron chi connectivity index (χ0n) is 15.2. The van der Waals surface area contributed by atoms with Crippen molar-refractivity contribution in [2.45, 2.75) is 37.6 Å². The predicted octanol–water partition coefficient (Wildman–Crippen LogP) is 3.01. The molecule has 1 N–H and O–H groups in total. The van der Waals surface area contributed by atoms with Crippen molar-refractivity contribution < 1.29 is 4.74 Å². The van der Waals surface area contributed by atoms with Gasteiger partial charge in [0.05, 0.1) is 19.3 Å². The van der Waals surface area contributed by atoms with Gasteiger partial charge in [-0.3, -0.25) is 9.88 Å². The van der Waals surface area contributed by atoms with Crippen LogP contribution in [0.3, 0.4) is 0 Å². The second kappa shape index (κ2) is 8.56. The van der Waals surface area contributed by atoms with Crippen molar-refractivity contribution in [1.29, 1.82) is 0 Å². The van der Waals surface area contributed by atoms with Crippen LogP contribution in [0.15, 0.2) is 36.8 Å². The van der Waals surface area contributed by atoms with Gasteiger partial charge in [-0.05, 0) is 36.6 Å². The van der Waals surface area contributed by atoms with Gasteiger partial charge < -0.3 is 10.1 Å². The highest BCUT2D eigenvalue weighted by atomic mass is 16.5. The van der Waals surface area contributed by atoms with Gasteiger partial charge in [0.15, 0.2) is 0 Å². The Labute approximate surface area is 155 Å². The van der Waals surface area contributed by atoms with E-state index in [1.807, 2.05) is 18.6 Å². The van der Waals surface area contributed by atoms with Crippen molar-refractivity contribution in [3.05, 3.63) is 48.0 Å². The van der Waals surface area contributed by atoms with E-state index in [1.165, 1.54) is 36.9 Å². The molecular weight excluding hydrogens is 326 g/mol. The quantitative estimate of drug-likeness (QED) is 0.861. The minimum Gasteiger partial charge on any atom is -0.379 e. The summed E-state index contributed by atoms with van der Waals surface area (Å²) in [6.07, 6.45) is 10.8. The normalized spacial score (nSPS) is 20.2. The van der Waals surface area contributed by atoms with E-state index in [0.717, 1.165) is 38.8 Å². The third-order valence-electron chi connectivity index (χ3n) is 5.48. The standard InChI is InChI=1S/C20H27N5O/c1-2-4-16(3-1)18-7-10-22-20(24-18)23-15-19(17-5-8-21-9-6-17)25-11-13-26-14-12-25/h5-10,16,19H,1-4,11-15H2,(H,22,23,24). The molecular formula is C20H27N5O. The lowest BCUT2D eigenvalue weighted by molar-refractivity contribution is 0.0186. The summed E-state index contributed by atoms with van der Waals surface area (Å²) < 4.78 is 5.52. The van der Waals surface area contributed by atoms with Crippen molar-refractivity contribution in [1.82, 2.24) is 19.9 Å². The Morgan fingerprint density at radius 2 is 1.85 bits per heavy atom. The molecule has 1 saturated heterocycles. The monoisotopic (exact) mass is 353 g/mol. The Kier molecular flexibility index (Phi) is 5.72. The molecule has 1 aliphatic carbocycles. The summed E-state index contributed by atoms with van der Waals surface area (Å²) in [5, 5.41) is 3.48. The van der Waals surface area contributed by atoms with Gasteiger partial charge in [0.1, 0.15) is 0 Å². The molecule has 1 aliphatic heterocycles. The Morgan fingerprint density at radius 3 is 2.62 bits per heavy atom. The lowest BCUT2D eigenvalue weighted by atomic mass is 10.0. The molecule has 0 radical (unpaired) electrons. The van der Waals surface area contributed by atoms with Crippen molar-refractivity contribution >= 4 is 5.95 Å². The SMILES string of the molecule is c1cc(C(CNc2nccc(C3CCCC3)n2)N2CCOCC2)ccn1. The second-order valence-electron chi connectivity index (χ2n) is 7.11. The fraction of sp³-hybridized carbons (Fsp3) is 0.550. The van der Waals surface area contributed by atoms with Crippen LogP contribution in [-0.4, -0.2) is 52.7 Å². The molecule has 1 saturated carbocycles. The summed E-state index contributed by atoms with van der Waals surface area (Å²) in [6, 6.07) is 6.53. The average molecular weight is 353 g/mol. The zero-order chi connectivity index (χ0) is 17.6. The lowest BCUT2D eigenvalue weighted by Gasteiger charge is -2.34. The molecule has 2 fully saturated rings. The van der Waals surface area contributed by atoms with Gasteiger partial charge in [0.2, 0.25) is 5.95 Å². The van der Waals surface area contributed by atoms with Crippen LogP contribution < -0.4 is 5.32 Å². The van der Waals surface area contributed by atoms with Crippen LogP contribution in [0.25, 0.3) is 0 Å². The van der Waals surface area contributed by atoms with E-state index in [1.54, 1.807) is 0 Å². The van der Waals surface area contributed by atoms with Crippen LogP contribution in [0.1, 0.15) is 48.9 Å². The summed E-state index contributed by atoms with van der Waals surface area (Å²) in [5.41, 5.74) is 2.45. The Morgan fingerprint density at radius 1 is 1.08 bits per heavy atom. The zero-order valence-corrected chi connectivity index (χ0v) is 15.2. The number of rotatable bonds is 6. The Balaban J connectivity index is 1.46. The molecule has 0 bridgehead atoms. The number of hydrogen-bond acceptors (Lipinski definition) is 6. The van der Waals surface area contributed by atoms with Crippen LogP contribution >= 0.6 is 0 Å². The molecule has 1 atom stereocenters. The molecule has 0 amide bonds. The van der Waals surface area contributed by atoms with Gasteiger partial charge in [0.25, 0.3) is 0 Å². The fourth-order valence-corrected chi connectivity index (χ4v) is 4.03. The molecule has 0 aromatic carbocycles. The average Bonchev–Trinajstić information content (AvgIpc) is 3.25. The molecule has 6 nitrogen and oxygen atoms in total. The number of nitrogens with zero attached hydrogens (tertiary/aromatic N) is 4. The van der Waals surface area contributed by atoms with Crippen molar-refractivity contribution in [2.24, 2.45) is 0 Å². The number of aromatic nitrogens is 3. The first-order chi connectivity index (χ1) is 12.9. The highest BCUT2D eigenvalue weighted by Gasteiger charge is 2.23. The summed E-state index contributed by atoms with van der Waals surface area (Å²) in [5.74, 6) is 1.34. The van der Waals surface area contributed by atoms with E-state index >= 15 is 0 Å². The first-order valence-corrected chi connectivity index (χ1v) is 9.69. The highest BCUT2D eigenvalue weighted by Crippen LogP contribution is 2.33. The van der Waals surface area contributed by atoms with Crippen LogP contribution in [-0.2, 0) is 4.74 Å². The molecule has 2 aliphatic rings. The topological polar surface area (TPSA) is 63.2 Å². The maximum Gasteiger partial charge on any atom is 0.222 e. The van der Waals surface area contributed by atoms with Crippen LogP contribution in [0, 0.1) is 0 Å². The van der Waals surface area contributed by atoms with Crippen LogP contribution in [0.4, 0.5) is 5.95 Å². The minimum absolute atomic E-state index is 0.264. The van der Waals surface area contributed by atoms with Gasteiger partial charge in [-0.15, -0.1) is 0 Å².